The second-order valence-electron chi connectivity index (χ2n) is 7.18. The molecular weight excluding hydrogens is 476 g/mol. The number of rotatable bonds is 10. The molecule has 3 aromatic carbocycles. The molecule has 0 spiro atoms. The zero-order valence-corrected chi connectivity index (χ0v) is 20.1. The zero-order valence-electron chi connectivity index (χ0n) is 18.5. The molecule has 0 saturated carbocycles. The van der Waals surface area contributed by atoms with Crippen molar-refractivity contribution in [2.24, 2.45) is 0 Å². The number of nitriles is 1. The number of halogens is 1. The van der Waals surface area contributed by atoms with E-state index in [-0.39, 0.29) is 47.3 Å². The molecule has 9 heteroatoms. The standard InChI is InChI=1S/C25H23ClN2O5S/c1-2-32-25(29)15-16-28(18-19-7-4-3-5-8-19)34(30,31)21-13-11-20(12-14-21)33-24-10-6-9-23(26)22(24)17-27/h3-14H,2,15-16,18H2,1H3. The summed E-state index contributed by atoms with van der Waals surface area (Å²) in [6.07, 6.45) is -0.0627. The molecule has 176 valence electrons. The first-order chi connectivity index (χ1) is 16.3. The van der Waals surface area contributed by atoms with E-state index in [4.69, 9.17) is 21.1 Å². The van der Waals surface area contributed by atoms with E-state index in [1.807, 2.05) is 36.4 Å². The summed E-state index contributed by atoms with van der Waals surface area (Å²) in [6.45, 7) is 2.01. The first-order valence-corrected chi connectivity index (χ1v) is 12.3. The van der Waals surface area contributed by atoms with Crippen molar-refractivity contribution in [3.05, 3.63) is 88.9 Å². The second-order valence-corrected chi connectivity index (χ2v) is 9.52. The summed E-state index contributed by atoms with van der Waals surface area (Å²) >= 11 is 6.03. The summed E-state index contributed by atoms with van der Waals surface area (Å²) in [4.78, 5) is 11.9. The van der Waals surface area contributed by atoms with Gasteiger partial charge in [0.2, 0.25) is 10.0 Å². The number of sulfonamides is 1. The highest BCUT2D eigenvalue weighted by molar-refractivity contribution is 7.89. The van der Waals surface area contributed by atoms with E-state index in [9.17, 15) is 18.5 Å². The van der Waals surface area contributed by atoms with E-state index in [2.05, 4.69) is 0 Å². The number of benzene rings is 3. The van der Waals surface area contributed by atoms with E-state index in [0.29, 0.717) is 5.75 Å². The van der Waals surface area contributed by atoms with Crippen LogP contribution in [0.2, 0.25) is 5.02 Å². The molecule has 0 aliphatic rings. The van der Waals surface area contributed by atoms with Gasteiger partial charge >= 0.3 is 5.97 Å². The lowest BCUT2D eigenvalue weighted by atomic mass is 10.2. The third kappa shape index (κ3) is 6.35. The van der Waals surface area contributed by atoms with Gasteiger partial charge in [-0.05, 0) is 48.9 Å². The Bertz CT molecular complexity index is 1270. The van der Waals surface area contributed by atoms with Crippen LogP contribution in [0, 0.1) is 11.3 Å². The Morgan fingerprint density at radius 3 is 2.38 bits per heavy atom. The lowest BCUT2D eigenvalue weighted by Gasteiger charge is -2.22. The number of nitrogens with zero attached hydrogens (tertiary/aromatic N) is 2. The van der Waals surface area contributed by atoms with Gasteiger partial charge in [0.05, 0.1) is 22.9 Å². The Balaban J connectivity index is 1.83. The lowest BCUT2D eigenvalue weighted by Crippen LogP contribution is -2.33. The van der Waals surface area contributed by atoms with E-state index in [1.165, 1.54) is 28.6 Å². The summed E-state index contributed by atoms with van der Waals surface area (Å²) in [5.41, 5.74) is 0.980. The van der Waals surface area contributed by atoms with Crippen molar-refractivity contribution in [2.45, 2.75) is 24.8 Å². The molecule has 0 aromatic heterocycles. The van der Waals surface area contributed by atoms with Gasteiger partial charge in [-0.1, -0.05) is 48.0 Å². The lowest BCUT2D eigenvalue weighted by molar-refractivity contribution is -0.143. The number of hydrogen-bond donors (Lipinski definition) is 0. The zero-order chi connectivity index (χ0) is 24.6. The number of hydrogen-bond acceptors (Lipinski definition) is 6. The maximum Gasteiger partial charge on any atom is 0.307 e. The van der Waals surface area contributed by atoms with Gasteiger partial charge in [0, 0.05) is 13.1 Å². The molecule has 0 unspecified atom stereocenters. The highest BCUT2D eigenvalue weighted by atomic mass is 35.5. The van der Waals surface area contributed by atoms with Gasteiger partial charge in [-0.3, -0.25) is 4.79 Å². The van der Waals surface area contributed by atoms with Crippen molar-refractivity contribution >= 4 is 27.6 Å². The van der Waals surface area contributed by atoms with Crippen molar-refractivity contribution in [2.75, 3.05) is 13.2 Å². The molecule has 0 radical (unpaired) electrons. The first-order valence-electron chi connectivity index (χ1n) is 10.5. The van der Waals surface area contributed by atoms with E-state index in [1.54, 1.807) is 25.1 Å². The van der Waals surface area contributed by atoms with Gasteiger partial charge in [0.25, 0.3) is 0 Å². The maximum absolute atomic E-state index is 13.4. The largest absolute Gasteiger partial charge is 0.466 e. The van der Waals surface area contributed by atoms with Crippen LogP contribution in [0.5, 0.6) is 11.5 Å². The minimum Gasteiger partial charge on any atom is -0.466 e. The highest BCUT2D eigenvalue weighted by Crippen LogP contribution is 2.30. The van der Waals surface area contributed by atoms with Crippen LogP contribution < -0.4 is 4.74 Å². The molecule has 0 fully saturated rings. The van der Waals surface area contributed by atoms with Crippen LogP contribution in [0.25, 0.3) is 0 Å². The number of carbonyl (C=O) groups is 1. The van der Waals surface area contributed by atoms with Crippen LogP contribution in [-0.2, 0) is 26.1 Å². The highest BCUT2D eigenvalue weighted by Gasteiger charge is 2.25. The first kappa shape index (κ1) is 25.2. The van der Waals surface area contributed by atoms with Crippen molar-refractivity contribution in [1.29, 1.82) is 5.26 Å². The average molecular weight is 499 g/mol. The SMILES string of the molecule is CCOC(=O)CCN(Cc1ccccc1)S(=O)(=O)c1ccc(Oc2cccc(Cl)c2C#N)cc1. The normalized spacial score (nSPS) is 11.1. The fraction of sp³-hybridized carbons (Fsp3) is 0.200. The van der Waals surface area contributed by atoms with Crippen molar-refractivity contribution in [1.82, 2.24) is 4.31 Å². The minimum atomic E-state index is -3.92. The predicted octanol–water partition coefficient (Wildman–Crippen LogP) is 5.15. The molecule has 0 saturated heterocycles. The summed E-state index contributed by atoms with van der Waals surface area (Å²) < 4.78 is 38.7. The summed E-state index contributed by atoms with van der Waals surface area (Å²) in [7, 11) is -3.92. The van der Waals surface area contributed by atoms with E-state index in [0.717, 1.165) is 5.56 Å². The molecule has 3 aromatic rings. The van der Waals surface area contributed by atoms with Gasteiger partial charge in [-0.25, -0.2) is 8.42 Å². The van der Waals surface area contributed by atoms with Gasteiger partial charge in [0.15, 0.2) is 0 Å². The summed E-state index contributed by atoms with van der Waals surface area (Å²) in [5, 5.41) is 9.56. The molecule has 3 rings (SSSR count). The fourth-order valence-corrected chi connectivity index (χ4v) is 4.81. The fourth-order valence-electron chi connectivity index (χ4n) is 3.17. The third-order valence-electron chi connectivity index (χ3n) is 4.85. The molecule has 0 aliphatic carbocycles. The predicted molar refractivity (Wildman–Crippen MR) is 128 cm³/mol. The van der Waals surface area contributed by atoms with Gasteiger partial charge in [-0.2, -0.15) is 9.57 Å². The molecule has 0 heterocycles. The van der Waals surface area contributed by atoms with Crippen LogP contribution in [0.1, 0.15) is 24.5 Å². The maximum atomic E-state index is 13.4. The Morgan fingerprint density at radius 2 is 1.74 bits per heavy atom. The monoisotopic (exact) mass is 498 g/mol. The minimum absolute atomic E-state index is 0.0254. The second kappa shape index (κ2) is 11.7. The van der Waals surface area contributed by atoms with Crippen LogP contribution in [-0.4, -0.2) is 31.8 Å². The van der Waals surface area contributed by atoms with Crippen LogP contribution in [0.4, 0.5) is 0 Å². The number of carbonyl (C=O) groups excluding carboxylic acids is 1. The Labute approximate surface area is 204 Å². The van der Waals surface area contributed by atoms with E-state index < -0.39 is 16.0 Å². The van der Waals surface area contributed by atoms with Crippen molar-refractivity contribution in [3.8, 4) is 17.6 Å². The molecule has 0 bridgehead atoms. The van der Waals surface area contributed by atoms with Crippen molar-refractivity contribution in [3.63, 3.8) is 0 Å². The van der Waals surface area contributed by atoms with Crippen LogP contribution >= 0.6 is 11.6 Å². The summed E-state index contributed by atoms with van der Waals surface area (Å²) in [6, 6.07) is 21.8. The van der Waals surface area contributed by atoms with Gasteiger partial charge in [0.1, 0.15) is 23.1 Å². The van der Waals surface area contributed by atoms with Crippen molar-refractivity contribution < 1.29 is 22.7 Å². The number of ether oxygens (including phenoxy) is 2. The smallest absolute Gasteiger partial charge is 0.307 e. The molecule has 0 atom stereocenters. The quantitative estimate of drug-likeness (QED) is 0.359. The molecule has 0 N–H and O–H groups in total. The van der Waals surface area contributed by atoms with E-state index >= 15 is 0 Å². The molecule has 34 heavy (non-hydrogen) atoms. The number of esters is 1. The third-order valence-corrected chi connectivity index (χ3v) is 7.02. The Morgan fingerprint density at radius 1 is 1.03 bits per heavy atom. The van der Waals surface area contributed by atoms with Gasteiger partial charge in [-0.15, -0.1) is 0 Å². The topological polar surface area (TPSA) is 96.7 Å². The molecular formula is C25H23ClN2O5S. The molecule has 0 aliphatic heterocycles. The van der Waals surface area contributed by atoms with Crippen LogP contribution in [0.15, 0.2) is 77.7 Å². The molecule has 0 amide bonds. The Hall–Kier alpha value is -3.38. The average Bonchev–Trinajstić information content (AvgIpc) is 2.83. The van der Waals surface area contributed by atoms with Crippen LogP contribution in [0.3, 0.4) is 0 Å². The molecule has 7 nitrogen and oxygen atoms in total. The van der Waals surface area contributed by atoms with Gasteiger partial charge < -0.3 is 9.47 Å². The Kier molecular flexibility index (Phi) is 8.66. The summed E-state index contributed by atoms with van der Waals surface area (Å²) in [5.74, 6) is 0.152.